The first-order valence-corrected chi connectivity index (χ1v) is 4.88. The summed E-state index contributed by atoms with van der Waals surface area (Å²) in [5, 5.41) is 12.1. The third kappa shape index (κ3) is 2.87. The van der Waals surface area contributed by atoms with Gasteiger partial charge < -0.3 is 16.2 Å². The average molecular weight is 243 g/mol. The van der Waals surface area contributed by atoms with Crippen molar-refractivity contribution in [3.63, 3.8) is 0 Å². The fourth-order valence-corrected chi connectivity index (χ4v) is 1.21. The number of aromatic hydroxyl groups is 1. The first-order valence-electron chi connectivity index (χ1n) is 4.50. The number of halogens is 1. The number of hydrogen-bond acceptors (Lipinski definition) is 3. The Morgan fingerprint density at radius 3 is 2.69 bits per heavy atom. The van der Waals surface area contributed by atoms with Gasteiger partial charge in [-0.1, -0.05) is 11.6 Å². The molecule has 0 radical (unpaired) electrons. The van der Waals surface area contributed by atoms with Crippen LogP contribution in [0.5, 0.6) is 5.75 Å². The maximum Gasteiger partial charge on any atom is 0.255 e. The highest BCUT2D eigenvalue weighted by molar-refractivity contribution is 6.31. The molecule has 0 bridgehead atoms. The van der Waals surface area contributed by atoms with Crippen molar-refractivity contribution in [3.05, 3.63) is 28.8 Å². The highest BCUT2D eigenvalue weighted by Gasteiger charge is 2.16. The Bertz CT molecular complexity index is 434. The quantitative estimate of drug-likeness (QED) is 0.727. The molecule has 0 fully saturated rings. The van der Waals surface area contributed by atoms with Crippen molar-refractivity contribution in [1.29, 1.82) is 0 Å². The van der Waals surface area contributed by atoms with Crippen molar-refractivity contribution in [2.45, 2.75) is 13.0 Å². The number of carbonyl (C=O) groups excluding carboxylic acids is 2. The second-order valence-electron chi connectivity index (χ2n) is 3.26. The zero-order valence-corrected chi connectivity index (χ0v) is 9.28. The van der Waals surface area contributed by atoms with E-state index < -0.39 is 17.9 Å². The molecule has 0 spiro atoms. The molecule has 1 aromatic carbocycles. The molecule has 0 aliphatic heterocycles. The summed E-state index contributed by atoms with van der Waals surface area (Å²) in [4.78, 5) is 22.3. The Balaban J connectivity index is 2.88. The van der Waals surface area contributed by atoms with Crippen molar-refractivity contribution < 1.29 is 14.7 Å². The lowest BCUT2D eigenvalue weighted by molar-refractivity contribution is -0.119. The molecule has 86 valence electrons. The lowest BCUT2D eigenvalue weighted by Gasteiger charge is -2.11. The highest BCUT2D eigenvalue weighted by atomic mass is 35.5. The predicted octanol–water partition coefficient (Wildman–Crippen LogP) is 0.649. The summed E-state index contributed by atoms with van der Waals surface area (Å²) in [6.07, 6.45) is 0. The minimum Gasteiger partial charge on any atom is -0.507 e. The van der Waals surface area contributed by atoms with Crippen LogP contribution in [0, 0.1) is 0 Å². The average Bonchev–Trinajstić information content (AvgIpc) is 2.21. The van der Waals surface area contributed by atoms with Crippen molar-refractivity contribution in [2.75, 3.05) is 0 Å². The Morgan fingerprint density at radius 1 is 1.50 bits per heavy atom. The molecule has 0 saturated carbocycles. The number of benzene rings is 1. The molecule has 0 aromatic heterocycles. The fraction of sp³-hybridized carbons (Fsp3) is 0.200. The van der Waals surface area contributed by atoms with E-state index >= 15 is 0 Å². The van der Waals surface area contributed by atoms with Crippen molar-refractivity contribution in [3.8, 4) is 5.75 Å². The van der Waals surface area contributed by atoms with Gasteiger partial charge >= 0.3 is 0 Å². The van der Waals surface area contributed by atoms with Crippen molar-refractivity contribution in [2.24, 2.45) is 5.73 Å². The Labute approximate surface area is 97.2 Å². The van der Waals surface area contributed by atoms with Crippen LogP contribution >= 0.6 is 11.6 Å². The van der Waals surface area contributed by atoms with Gasteiger partial charge in [0.25, 0.3) is 5.91 Å². The molecule has 1 aromatic rings. The van der Waals surface area contributed by atoms with Gasteiger partial charge in [-0.15, -0.1) is 0 Å². The molecule has 1 atom stereocenters. The van der Waals surface area contributed by atoms with Gasteiger partial charge in [0.05, 0.1) is 5.56 Å². The molecule has 0 aliphatic carbocycles. The Kier molecular flexibility index (Phi) is 3.73. The largest absolute Gasteiger partial charge is 0.507 e. The SMILES string of the molecule is CC(NC(=O)c1cc(Cl)ccc1O)C(N)=O. The highest BCUT2D eigenvalue weighted by Crippen LogP contribution is 2.21. The third-order valence-corrected chi connectivity index (χ3v) is 2.21. The number of primary amides is 1. The van der Waals surface area contributed by atoms with Crippen LogP contribution in [-0.2, 0) is 4.79 Å². The van der Waals surface area contributed by atoms with Crippen LogP contribution in [0.15, 0.2) is 18.2 Å². The second-order valence-corrected chi connectivity index (χ2v) is 3.70. The van der Waals surface area contributed by atoms with E-state index in [1.165, 1.54) is 25.1 Å². The van der Waals surface area contributed by atoms with E-state index in [2.05, 4.69) is 5.32 Å². The molecule has 5 nitrogen and oxygen atoms in total. The van der Waals surface area contributed by atoms with E-state index in [1.807, 2.05) is 0 Å². The molecule has 1 rings (SSSR count). The summed E-state index contributed by atoms with van der Waals surface area (Å²) >= 11 is 5.68. The molecule has 1 unspecified atom stereocenters. The summed E-state index contributed by atoms with van der Waals surface area (Å²) in [6, 6.07) is 3.24. The van der Waals surface area contributed by atoms with Crippen LogP contribution in [-0.4, -0.2) is 23.0 Å². The van der Waals surface area contributed by atoms with E-state index in [0.29, 0.717) is 5.02 Å². The zero-order chi connectivity index (χ0) is 12.3. The molecule has 6 heteroatoms. The molecule has 0 aliphatic rings. The maximum atomic E-state index is 11.6. The van der Waals surface area contributed by atoms with Gasteiger partial charge in [-0.05, 0) is 25.1 Å². The van der Waals surface area contributed by atoms with Gasteiger partial charge in [0, 0.05) is 5.02 Å². The molecule has 16 heavy (non-hydrogen) atoms. The van der Waals surface area contributed by atoms with Gasteiger partial charge in [0.1, 0.15) is 11.8 Å². The molecule has 0 saturated heterocycles. The minimum atomic E-state index is -0.814. The standard InChI is InChI=1S/C10H11ClN2O3/c1-5(9(12)15)13-10(16)7-4-6(11)2-3-8(7)14/h2-5,14H,1H3,(H2,12,15)(H,13,16). The Hall–Kier alpha value is -1.75. The van der Waals surface area contributed by atoms with E-state index in [-0.39, 0.29) is 11.3 Å². The van der Waals surface area contributed by atoms with E-state index in [9.17, 15) is 14.7 Å². The molecule has 4 N–H and O–H groups in total. The van der Waals surface area contributed by atoms with Crippen molar-refractivity contribution >= 4 is 23.4 Å². The second kappa shape index (κ2) is 4.85. The van der Waals surface area contributed by atoms with Crippen LogP contribution in [0.25, 0.3) is 0 Å². The van der Waals surface area contributed by atoms with Gasteiger partial charge in [-0.2, -0.15) is 0 Å². The number of phenols is 1. The number of phenolic OH excluding ortho intramolecular Hbond substituents is 1. The lowest BCUT2D eigenvalue weighted by atomic mass is 10.1. The summed E-state index contributed by atoms with van der Waals surface area (Å²) in [5.41, 5.74) is 4.99. The summed E-state index contributed by atoms with van der Waals surface area (Å²) in [7, 11) is 0. The Morgan fingerprint density at radius 2 is 2.12 bits per heavy atom. The van der Waals surface area contributed by atoms with Gasteiger partial charge in [0.2, 0.25) is 5.91 Å². The molecule has 2 amide bonds. The first kappa shape index (κ1) is 12.3. The number of carbonyl (C=O) groups is 2. The van der Waals surface area contributed by atoms with E-state index in [0.717, 1.165) is 0 Å². The minimum absolute atomic E-state index is 0.000556. The topological polar surface area (TPSA) is 92.4 Å². The third-order valence-electron chi connectivity index (χ3n) is 1.98. The molecule has 0 heterocycles. The zero-order valence-electron chi connectivity index (χ0n) is 8.53. The number of hydrogen-bond donors (Lipinski definition) is 3. The first-order chi connectivity index (χ1) is 7.41. The van der Waals surface area contributed by atoms with E-state index in [1.54, 1.807) is 0 Å². The summed E-state index contributed by atoms with van der Waals surface area (Å²) in [6.45, 7) is 1.45. The summed E-state index contributed by atoms with van der Waals surface area (Å²) < 4.78 is 0. The molecular formula is C10H11ClN2O3. The molecular weight excluding hydrogens is 232 g/mol. The predicted molar refractivity (Wildman–Crippen MR) is 59.2 cm³/mol. The van der Waals surface area contributed by atoms with Crippen LogP contribution in [0.2, 0.25) is 5.02 Å². The van der Waals surface area contributed by atoms with Gasteiger partial charge in [0.15, 0.2) is 0 Å². The number of amides is 2. The van der Waals surface area contributed by atoms with Gasteiger partial charge in [-0.25, -0.2) is 0 Å². The van der Waals surface area contributed by atoms with Gasteiger partial charge in [-0.3, -0.25) is 9.59 Å². The maximum absolute atomic E-state index is 11.6. The number of nitrogens with one attached hydrogen (secondary N) is 1. The van der Waals surface area contributed by atoms with Crippen LogP contribution in [0.1, 0.15) is 17.3 Å². The lowest BCUT2D eigenvalue weighted by Crippen LogP contribution is -2.42. The van der Waals surface area contributed by atoms with Crippen LogP contribution in [0.4, 0.5) is 0 Å². The van der Waals surface area contributed by atoms with E-state index in [4.69, 9.17) is 17.3 Å². The number of nitrogens with two attached hydrogens (primary N) is 1. The monoisotopic (exact) mass is 242 g/mol. The van der Waals surface area contributed by atoms with Crippen molar-refractivity contribution in [1.82, 2.24) is 5.32 Å². The van der Waals surface area contributed by atoms with Crippen LogP contribution < -0.4 is 11.1 Å². The summed E-state index contributed by atoms with van der Waals surface area (Å²) in [5.74, 6) is -1.47. The van der Waals surface area contributed by atoms with Crippen LogP contribution in [0.3, 0.4) is 0 Å². The normalized spacial score (nSPS) is 11.9. The number of rotatable bonds is 3. The fourth-order valence-electron chi connectivity index (χ4n) is 1.04. The smallest absolute Gasteiger partial charge is 0.255 e.